The highest BCUT2D eigenvalue weighted by molar-refractivity contribution is 7.99. The highest BCUT2D eigenvalue weighted by atomic mass is 32.2. The van der Waals surface area contributed by atoms with Crippen molar-refractivity contribution in [2.24, 2.45) is 0 Å². The van der Waals surface area contributed by atoms with Crippen LogP contribution in [0.4, 0.5) is 0 Å². The summed E-state index contributed by atoms with van der Waals surface area (Å²) in [5, 5.41) is 0.667. The molecule has 0 aliphatic rings. The van der Waals surface area contributed by atoms with Gasteiger partial charge >= 0.3 is 0 Å². The SMILES string of the molecule is C=CCOCC(CCC)SC. The summed E-state index contributed by atoms with van der Waals surface area (Å²) in [7, 11) is 0. The summed E-state index contributed by atoms with van der Waals surface area (Å²) in [5.74, 6) is 0. The van der Waals surface area contributed by atoms with Gasteiger partial charge in [-0.1, -0.05) is 19.4 Å². The van der Waals surface area contributed by atoms with Crippen LogP contribution in [0.3, 0.4) is 0 Å². The van der Waals surface area contributed by atoms with Crippen LogP contribution in [0.5, 0.6) is 0 Å². The molecule has 1 nitrogen and oxygen atoms in total. The Labute approximate surface area is 74.2 Å². The molecule has 0 heterocycles. The molecule has 0 saturated heterocycles. The van der Waals surface area contributed by atoms with Crippen LogP contribution in [0, 0.1) is 0 Å². The lowest BCUT2D eigenvalue weighted by atomic mass is 10.2. The Bertz CT molecular complexity index is 93.6. The third kappa shape index (κ3) is 6.45. The smallest absolute Gasteiger partial charge is 0.0645 e. The van der Waals surface area contributed by atoms with Crippen molar-refractivity contribution in [3.05, 3.63) is 12.7 Å². The van der Waals surface area contributed by atoms with Crippen LogP contribution in [0.1, 0.15) is 19.8 Å². The number of hydrogen-bond acceptors (Lipinski definition) is 2. The summed E-state index contributed by atoms with van der Waals surface area (Å²) in [4.78, 5) is 0. The van der Waals surface area contributed by atoms with E-state index in [1.807, 2.05) is 11.8 Å². The van der Waals surface area contributed by atoms with E-state index in [1.54, 1.807) is 6.08 Å². The minimum atomic E-state index is 0.667. The number of rotatable bonds is 7. The Morgan fingerprint density at radius 3 is 2.82 bits per heavy atom. The molecule has 0 aromatic rings. The predicted molar refractivity (Wildman–Crippen MR) is 53.2 cm³/mol. The number of hydrogen-bond donors (Lipinski definition) is 0. The van der Waals surface area contributed by atoms with Crippen molar-refractivity contribution in [3.63, 3.8) is 0 Å². The Morgan fingerprint density at radius 2 is 2.36 bits per heavy atom. The normalized spacial score (nSPS) is 12.9. The lowest BCUT2D eigenvalue weighted by Crippen LogP contribution is -2.11. The fraction of sp³-hybridized carbons (Fsp3) is 0.778. The molecule has 0 bridgehead atoms. The second kappa shape index (κ2) is 8.15. The quantitative estimate of drug-likeness (QED) is 0.433. The lowest BCUT2D eigenvalue weighted by molar-refractivity contribution is 0.161. The first-order chi connectivity index (χ1) is 5.35. The Balaban J connectivity index is 3.27. The molecule has 0 amide bonds. The minimum Gasteiger partial charge on any atom is -0.376 e. The van der Waals surface area contributed by atoms with Gasteiger partial charge in [0.1, 0.15) is 0 Å². The molecule has 0 fully saturated rings. The van der Waals surface area contributed by atoms with Crippen molar-refractivity contribution in [1.82, 2.24) is 0 Å². The Morgan fingerprint density at radius 1 is 1.64 bits per heavy atom. The molecule has 0 radical (unpaired) electrons. The van der Waals surface area contributed by atoms with Crippen LogP contribution in [0.2, 0.25) is 0 Å². The molecule has 0 spiro atoms. The third-order valence-electron chi connectivity index (χ3n) is 1.48. The summed E-state index contributed by atoms with van der Waals surface area (Å²) in [6, 6.07) is 0. The van der Waals surface area contributed by atoms with Crippen molar-refractivity contribution >= 4 is 11.8 Å². The first kappa shape index (κ1) is 11.1. The van der Waals surface area contributed by atoms with Crippen molar-refractivity contribution < 1.29 is 4.74 Å². The van der Waals surface area contributed by atoms with Crippen molar-refractivity contribution in [3.8, 4) is 0 Å². The van der Waals surface area contributed by atoms with E-state index in [9.17, 15) is 0 Å². The first-order valence-corrected chi connectivity index (χ1v) is 5.35. The minimum absolute atomic E-state index is 0.667. The summed E-state index contributed by atoms with van der Waals surface area (Å²) in [6.07, 6.45) is 6.42. The van der Waals surface area contributed by atoms with E-state index in [4.69, 9.17) is 4.74 Å². The number of thioether (sulfide) groups is 1. The molecule has 2 heteroatoms. The molecule has 0 aliphatic heterocycles. The van der Waals surface area contributed by atoms with Gasteiger partial charge in [-0.25, -0.2) is 0 Å². The summed E-state index contributed by atoms with van der Waals surface area (Å²) in [5.41, 5.74) is 0. The van der Waals surface area contributed by atoms with Gasteiger partial charge in [-0.05, 0) is 12.7 Å². The average Bonchev–Trinajstić information content (AvgIpc) is 2.03. The molecule has 66 valence electrons. The third-order valence-corrected chi connectivity index (χ3v) is 2.52. The van der Waals surface area contributed by atoms with Crippen LogP contribution in [-0.4, -0.2) is 24.7 Å². The van der Waals surface area contributed by atoms with Gasteiger partial charge in [-0.3, -0.25) is 0 Å². The molecule has 1 atom stereocenters. The zero-order valence-electron chi connectivity index (χ0n) is 7.51. The maximum Gasteiger partial charge on any atom is 0.0645 e. The summed E-state index contributed by atoms with van der Waals surface area (Å²) in [6.45, 7) is 7.35. The zero-order valence-corrected chi connectivity index (χ0v) is 8.32. The molecule has 0 aliphatic carbocycles. The molecule has 0 aromatic carbocycles. The van der Waals surface area contributed by atoms with Crippen molar-refractivity contribution in [2.75, 3.05) is 19.5 Å². The molecule has 0 aromatic heterocycles. The monoisotopic (exact) mass is 174 g/mol. The van der Waals surface area contributed by atoms with E-state index >= 15 is 0 Å². The fourth-order valence-corrected chi connectivity index (χ4v) is 1.58. The highest BCUT2D eigenvalue weighted by Gasteiger charge is 2.03. The summed E-state index contributed by atoms with van der Waals surface area (Å²) < 4.78 is 5.35. The van der Waals surface area contributed by atoms with Crippen LogP contribution in [0.15, 0.2) is 12.7 Å². The standard InChI is InChI=1S/C9H18OS/c1-4-6-9(11-3)8-10-7-5-2/h5,9H,2,4,6-8H2,1,3H3. The topological polar surface area (TPSA) is 9.23 Å². The second-order valence-corrected chi connectivity index (χ2v) is 3.61. The molecular weight excluding hydrogens is 156 g/mol. The zero-order chi connectivity index (χ0) is 8.53. The van der Waals surface area contributed by atoms with E-state index in [0.717, 1.165) is 6.61 Å². The van der Waals surface area contributed by atoms with E-state index in [2.05, 4.69) is 19.8 Å². The molecule has 0 rings (SSSR count). The average molecular weight is 174 g/mol. The van der Waals surface area contributed by atoms with Crippen LogP contribution >= 0.6 is 11.8 Å². The fourth-order valence-electron chi connectivity index (χ4n) is 0.874. The first-order valence-electron chi connectivity index (χ1n) is 4.06. The molecule has 0 N–H and O–H groups in total. The van der Waals surface area contributed by atoms with Gasteiger partial charge in [0.15, 0.2) is 0 Å². The maximum atomic E-state index is 5.35. The van der Waals surface area contributed by atoms with Crippen molar-refractivity contribution in [2.45, 2.75) is 25.0 Å². The van der Waals surface area contributed by atoms with Gasteiger partial charge in [0, 0.05) is 5.25 Å². The predicted octanol–water partition coefficient (Wildman–Crippen LogP) is 2.72. The maximum absolute atomic E-state index is 5.35. The Hall–Kier alpha value is 0.0500. The Kier molecular flexibility index (Phi) is 8.19. The molecule has 11 heavy (non-hydrogen) atoms. The van der Waals surface area contributed by atoms with Crippen LogP contribution < -0.4 is 0 Å². The van der Waals surface area contributed by atoms with Crippen molar-refractivity contribution in [1.29, 1.82) is 0 Å². The lowest BCUT2D eigenvalue weighted by Gasteiger charge is -2.12. The highest BCUT2D eigenvalue weighted by Crippen LogP contribution is 2.12. The van der Waals surface area contributed by atoms with E-state index < -0.39 is 0 Å². The van der Waals surface area contributed by atoms with Gasteiger partial charge in [-0.2, -0.15) is 11.8 Å². The molecule has 0 saturated carbocycles. The largest absolute Gasteiger partial charge is 0.376 e. The second-order valence-electron chi connectivity index (χ2n) is 2.47. The van der Waals surface area contributed by atoms with Gasteiger partial charge in [-0.15, -0.1) is 6.58 Å². The number of ether oxygens (including phenoxy) is 1. The van der Waals surface area contributed by atoms with Gasteiger partial charge in [0.25, 0.3) is 0 Å². The van der Waals surface area contributed by atoms with Crippen LogP contribution in [0.25, 0.3) is 0 Å². The molecule has 1 unspecified atom stereocenters. The van der Waals surface area contributed by atoms with Gasteiger partial charge in [0.05, 0.1) is 13.2 Å². The molecular formula is C9H18OS. The van der Waals surface area contributed by atoms with E-state index in [0.29, 0.717) is 11.9 Å². The van der Waals surface area contributed by atoms with Gasteiger partial charge < -0.3 is 4.74 Å². The van der Waals surface area contributed by atoms with E-state index in [-0.39, 0.29) is 0 Å². The van der Waals surface area contributed by atoms with Gasteiger partial charge in [0.2, 0.25) is 0 Å². The summed E-state index contributed by atoms with van der Waals surface area (Å²) >= 11 is 1.89. The van der Waals surface area contributed by atoms with Crippen LogP contribution in [-0.2, 0) is 4.74 Å². The van der Waals surface area contributed by atoms with E-state index in [1.165, 1.54) is 12.8 Å².